The van der Waals surface area contributed by atoms with Crippen LogP contribution in [0.25, 0.3) is 27.7 Å². The van der Waals surface area contributed by atoms with E-state index in [9.17, 15) is 8.42 Å². The van der Waals surface area contributed by atoms with Crippen LogP contribution in [0.3, 0.4) is 0 Å². The van der Waals surface area contributed by atoms with Gasteiger partial charge >= 0.3 is 0 Å². The first kappa shape index (κ1) is 25.2. The van der Waals surface area contributed by atoms with Crippen molar-refractivity contribution in [3.63, 3.8) is 0 Å². The Kier molecular flexibility index (Phi) is 6.61. The Bertz CT molecular complexity index is 1780. The number of sulfonamides is 1. The molecule has 39 heavy (non-hydrogen) atoms. The summed E-state index contributed by atoms with van der Waals surface area (Å²) in [6, 6.07) is 15.1. The number of aryl methyl sites for hydroxylation is 2. The molecule has 200 valence electrons. The van der Waals surface area contributed by atoms with Crippen molar-refractivity contribution in [3.05, 3.63) is 72.2 Å². The predicted molar refractivity (Wildman–Crippen MR) is 152 cm³/mol. The number of hydrogen-bond acceptors (Lipinski definition) is 8. The summed E-state index contributed by atoms with van der Waals surface area (Å²) >= 11 is 0. The average Bonchev–Trinajstić information content (AvgIpc) is 3.38. The molecule has 0 aliphatic carbocycles. The van der Waals surface area contributed by atoms with Crippen LogP contribution in [0.2, 0.25) is 0 Å². The second kappa shape index (κ2) is 10.2. The molecule has 1 aliphatic rings. The number of anilines is 2. The van der Waals surface area contributed by atoms with Gasteiger partial charge in [0.2, 0.25) is 5.95 Å². The standard InChI is InChI=1S/C28H30N8O2S/c1-3-19-13-20(14-21-15-30-28(34-26(19)21)33-22-8-6-12-29-16-22)23-10-11-24-27(31-17-32-36(23)24)35-39(37,38)25-9-5-4-7-18(25)2/h4-5,7,9-11,13-15,17,22,29H,3,6,8,12,16H2,1-2H3,(H,30,33,34)(H,31,32,35)/t22-/m0/s1. The Morgan fingerprint density at radius 1 is 1.13 bits per heavy atom. The van der Waals surface area contributed by atoms with Crippen molar-refractivity contribution in [1.82, 2.24) is 29.9 Å². The smallest absolute Gasteiger partial charge is 0.263 e. The molecule has 1 atom stereocenters. The van der Waals surface area contributed by atoms with Gasteiger partial charge in [-0.1, -0.05) is 25.1 Å². The summed E-state index contributed by atoms with van der Waals surface area (Å²) in [7, 11) is -3.83. The monoisotopic (exact) mass is 542 g/mol. The summed E-state index contributed by atoms with van der Waals surface area (Å²) in [6.07, 6.45) is 6.25. The highest BCUT2D eigenvalue weighted by Gasteiger charge is 2.20. The van der Waals surface area contributed by atoms with Crippen LogP contribution in [0.4, 0.5) is 11.8 Å². The lowest BCUT2D eigenvalue weighted by Crippen LogP contribution is -2.38. The number of rotatable bonds is 7. The third-order valence-electron chi connectivity index (χ3n) is 7.13. The molecule has 4 heterocycles. The summed E-state index contributed by atoms with van der Waals surface area (Å²) in [5.41, 5.74) is 4.98. The highest BCUT2D eigenvalue weighted by atomic mass is 32.2. The predicted octanol–water partition coefficient (Wildman–Crippen LogP) is 4.18. The van der Waals surface area contributed by atoms with E-state index in [2.05, 4.69) is 43.4 Å². The fraction of sp³-hybridized carbons (Fsp3) is 0.286. The molecule has 3 N–H and O–H groups in total. The molecule has 3 aromatic heterocycles. The van der Waals surface area contributed by atoms with Gasteiger partial charge in [-0.3, -0.25) is 4.72 Å². The average molecular weight is 543 g/mol. The summed E-state index contributed by atoms with van der Waals surface area (Å²) in [6.45, 7) is 5.84. The fourth-order valence-corrected chi connectivity index (χ4v) is 6.41. The van der Waals surface area contributed by atoms with E-state index in [0.717, 1.165) is 60.1 Å². The van der Waals surface area contributed by atoms with E-state index in [-0.39, 0.29) is 10.7 Å². The third kappa shape index (κ3) is 4.90. The maximum atomic E-state index is 13.1. The van der Waals surface area contributed by atoms with Crippen LogP contribution in [0.15, 0.2) is 66.0 Å². The number of nitrogens with zero attached hydrogens (tertiary/aromatic N) is 5. The van der Waals surface area contributed by atoms with Gasteiger partial charge in [0, 0.05) is 29.7 Å². The molecule has 1 saturated heterocycles. The number of hydrogen-bond donors (Lipinski definition) is 3. The summed E-state index contributed by atoms with van der Waals surface area (Å²) < 4.78 is 30.6. The molecule has 1 aliphatic heterocycles. The normalized spacial score (nSPS) is 16.0. The van der Waals surface area contributed by atoms with E-state index in [4.69, 9.17) is 4.98 Å². The van der Waals surface area contributed by atoms with Gasteiger partial charge in [0.15, 0.2) is 5.82 Å². The van der Waals surface area contributed by atoms with Crippen LogP contribution in [0.5, 0.6) is 0 Å². The SMILES string of the molecule is CCc1cc(-c2ccc3c(NS(=O)(=O)c4ccccc4C)ncnn23)cc2cnc(N[C@H]3CCCNC3)nc12. The van der Waals surface area contributed by atoms with E-state index in [1.807, 2.05) is 24.4 Å². The molecule has 0 spiro atoms. The lowest BCUT2D eigenvalue weighted by atomic mass is 10.0. The van der Waals surface area contributed by atoms with Gasteiger partial charge in [-0.05, 0) is 74.2 Å². The number of fused-ring (bicyclic) bond motifs is 2. The minimum absolute atomic E-state index is 0.212. The Balaban J connectivity index is 1.36. The van der Waals surface area contributed by atoms with Crippen molar-refractivity contribution in [2.45, 2.75) is 44.0 Å². The van der Waals surface area contributed by atoms with Gasteiger partial charge in [0.25, 0.3) is 10.0 Å². The van der Waals surface area contributed by atoms with Crippen molar-refractivity contribution in [2.24, 2.45) is 0 Å². The summed E-state index contributed by atoms with van der Waals surface area (Å²) in [4.78, 5) is 13.9. The van der Waals surface area contributed by atoms with Gasteiger partial charge in [-0.15, -0.1) is 0 Å². The van der Waals surface area contributed by atoms with Crippen LogP contribution in [-0.2, 0) is 16.4 Å². The van der Waals surface area contributed by atoms with Crippen LogP contribution in [0, 0.1) is 6.92 Å². The van der Waals surface area contributed by atoms with Crippen molar-refractivity contribution < 1.29 is 8.42 Å². The van der Waals surface area contributed by atoms with Gasteiger partial charge in [-0.2, -0.15) is 5.10 Å². The van der Waals surface area contributed by atoms with Gasteiger partial charge in [-0.25, -0.2) is 27.9 Å². The Morgan fingerprint density at radius 2 is 2.00 bits per heavy atom. The first-order chi connectivity index (χ1) is 18.9. The third-order valence-corrected chi connectivity index (χ3v) is 8.63. The lowest BCUT2D eigenvalue weighted by Gasteiger charge is -2.23. The van der Waals surface area contributed by atoms with Crippen LogP contribution < -0.4 is 15.4 Å². The van der Waals surface area contributed by atoms with E-state index < -0.39 is 10.0 Å². The zero-order valence-corrected chi connectivity index (χ0v) is 22.7. The van der Waals surface area contributed by atoms with Gasteiger partial charge < -0.3 is 10.6 Å². The molecular weight excluding hydrogens is 512 g/mol. The van der Waals surface area contributed by atoms with Crippen molar-refractivity contribution in [1.29, 1.82) is 0 Å². The van der Waals surface area contributed by atoms with E-state index >= 15 is 0 Å². The van der Waals surface area contributed by atoms with Crippen LogP contribution >= 0.6 is 0 Å². The minimum Gasteiger partial charge on any atom is -0.350 e. The number of aromatic nitrogens is 5. The Labute approximate surface area is 227 Å². The highest BCUT2D eigenvalue weighted by Crippen LogP contribution is 2.31. The van der Waals surface area contributed by atoms with Gasteiger partial charge in [0.05, 0.1) is 16.1 Å². The second-order valence-electron chi connectivity index (χ2n) is 9.80. The highest BCUT2D eigenvalue weighted by molar-refractivity contribution is 7.92. The summed E-state index contributed by atoms with van der Waals surface area (Å²) in [5.74, 6) is 0.859. The number of benzene rings is 2. The van der Waals surface area contributed by atoms with Crippen molar-refractivity contribution in [3.8, 4) is 11.3 Å². The summed E-state index contributed by atoms with van der Waals surface area (Å²) in [5, 5.41) is 12.2. The molecule has 10 nitrogen and oxygen atoms in total. The number of nitrogens with one attached hydrogen (secondary N) is 3. The molecule has 0 amide bonds. The first-order valence-corrected chi connectivity index (χ1v) is 14.6. The zero-order valence-electron chi connectivity index (χ0n) is 21.8. The molecule has 0 unspecified atom stereocenters. The molecule has 5 aromatic rings. The fourth-order valence-electron chi connectivity index (χ4n) is 5.13. The van der Waals surface area contributed by atoms with Crippen molar-refractivity contribution >= 4 is 38.2 Å². The maximum absolute atomic E-state index is 13.1. The molecule has 1 fully saturated rings. The van der Waals surface area contributed by atoms with E-state index in [0.29, 0.717) is 23.1 Å². The minimum atomic E-state index is -3.83. The number of piperidine rings is 1. The second-order valence-corrected chi connectivity index (χ2v) is 11.5. The van der Waals surface area contributed by atoms with E-state index in [1.165, 1.54) is 6.33 Å². The molecule has 0 saturated carbocycles. The molecule has 6 rings (SSSR count). The van der Waals surface area contributed by atoms with Crippen LogP contribution in [-0.4, -0.2) is 52.1 Å². The molecule has 2 aromatic carbocycles. The maximum Gasteiger partial charge on any atom is 0.263 e. The Morgan fingerprint density at radius 3 is 2.79 bits per heavy atom. The molecular formula is C28H30N8O2S. The first-order valence-electron chi connectivity index (χ1n) is 13.1. The quantitative estimate of drug-likeness (QED) is 0.280. The molecule has 0 bridgehead atoms. The lowest BCUT2D eigenvalue weighted by molar-refractivity contribution is 0.478. The van der Waals surface area contributed by atoms with Crippen LogP contribution in [0.1, 0.15) is 30.9 Å². The molecule has 0 radical (unpaired) electrons. The topological polar surface area (TPSA) is 126 Å². The van der Waals surface area contributed by atoms with Crippen molar-refractivity contribution in [2.75, 3.05) is 23.1 Å². The Hall–Kier alpha value is -4.09. The molecule has 11 heteroatoms. The zero-order chi connectivity index (χ0) is 27.0. The van der Waals surface area contributed by atoms with E-state index in [1.54, 1.807) is 35.7 Å². The van der Waals surface area contributed by atoms with Gasteiger partial charge in [0.1, 0.15) is 11.8 Å². The largest absolute Gasteiger partial charge is 0.350 e.